The van der Waals surface area contributed by atoms with Gasteiger partial charge >= 0.3 is 12.1 Å². The number of alkyl halides is 3. The van der Waals surface area contributed by atoms with Crippen LogP contribution in [0.5, 0.6) is 0 Å². The van der Waals surface area contributed by atoms with Crippen LogP contribution in [0.4, 0.5) is 13.2 Å². The Morgan fingerprint density at radius 1 is 1.30 bits per heavy atom. The van der Waals surface area contributed by atoms with Gasteiger partial charge in [0.05, 0.1) is 0 Å². The highest BCUT2D eigenvalue weighted by Crippen LogP contribution is 2.42. The summed E-state index contributed by atoms with van der Waals surface area (Å²) >= 11 is 0. The van der Waals surface area contributed by atoms with Gasteiger partial charge in [-0.1, -0.05) is 26.7 Å². The van der Waals surface area contributed by atoms with Crippen LogP contribution in [0.15, 0.2) is 0 Å². The number of carbonyl (C=O) groups is 1. The van der Waals surface area contributed by atoms with Gasteiger partial charge in [0.2, 0.25) is 0 Å². The van der Waals surface area contributed by atoms with Gasteiger partial charge in [-0.3, -0.25) is 4.79 Å². The average Bonchev–Trinajstić information content (AvgIpc) is 2.70. The van der Waals surface area contributed by atoms with E-state index in [2.05, 4.69) is 19.2 Å². The van der Waals surface area contributed by atoms with E-state index >= 15 is 0 Å². The Morgan fingerprint density at radius 3 is 2.25 bits per heavy atom. The lowest BCUT2D eigenvalue weighted by Crippen LogP contribution is -2.42. The molecule has 118 valence electrons. The number of hydrogen-bond acceptors (Lipinski definition) is 2. The molecule has 3 nitrogen and oxygen atoms in total. The molecule has 20 heavy (non-hydrogen) atoms. The van der Waals surface area contributed by atoms with Crippen LogP contribution >= 0.6 is 0 Å². The fraction of sp³-hybridized carbons (Fsp3) is 0.929. The van der Waals surface area contributed by atoms with E-state index in [1.54, 1.807) is 0 Å². The molecule has 0 amide bonds. The minimum atomic E-state index is -4.69. The standard InChI is InChI=1S/C14H24F3NO2/c1-10(2)7-13(5-3-4-6-13)9-18-8-11(12(19)20)14(15,16)17/h10-11,18H,3-9H2,1-2H3,(H,19,20). The van der Waals surface area contributed by atoms with E-state index in [-0.39, 0.29) is 5.41 Å². The lowest BCUT2D eigenvalue weighted by Gasteiger charge is -2.32. The van der Waals surface area contributed by atoms with Crippen molar-refractivity contribution in [1.82, 2.24) is 5.32 Å². The van der Waals surface area contributed by atoms with E-state index in [9.17, 15) is 18.0 Å². The van der Waals surface area contributed by atoms with Crippen molar-refractivity contribution < 1.29 is 23.1 Å². The highest BCUT2D eigenvalue weighted by atomic mass is 19.4. The van der Waals surface area contributed by atoms with Crippen molar-refractivity contribution in [3.8, 4) is 0 Å². The van der Waals surface area contributed by atoms with Crippen LogP contribution in [0.1, 0.15) is 46.0 Å². The summed E-state index contributed by atoms with van der Waals surface area (Å²) in [7, 11) is 0. The Balaban J connectivity index is 2.54. The smallest absolute Gasteiger partial charge is 0.403 e. The van der Waals surface area contributed by atoms with Gasteiger partial charge in [-0.15, -0.1) is 0 Å². The van der Waals surface area contributed by atoms with Crippen LogP contribution in [0.3, 0.4) is 0 Å². The third-order valence-electron chi connectivity index (χ3n) is 4.05. The zero-order valence-electron chi connectivity index (χ0n) is 12.1. The third kappa shape index (κ3) is 4.96. The predicted octanol–water partition coefficient (Wildman–Crippen LogP) is 3.45. The number of aliphatic carboxylic acids is 1. The minimum absolute atomic E-state index is 0.0445. The van der Waals surface area contributed by atoms with Crippen molar-refractivity contribution in [2.24, 2.45) is 17.3 Å². The fourth-order valence-electron chi connectivity index (χ4n) is 3.27. The summed E-state index contributed by atoms with van der Waals surface area (Å²) in [6, 6.07) is 0. The molecule has 1 saturated carbocycles. The molecule has 1 atom stereocenters. The van der Waals surface area contributed by atoms with Crippen molar-refractivity contribution in [2.75, 3.05) is 13.1 Å². The Labute approximate surface area is 117 Å². The Kier molecular flexibility index (Phi) is 5.86. The number of halogens is 3. The molecule has 0 spiro atoms. The van der Waals surface area contributed by atoms with E-state index in [4.69, 9.17) is 5.11 Å². The summed E-state index contributed by atoms with van der Waals surface area (Å²) in [5.41, 5.74) is 0.0445. The summed E-state index contributed by atoms with van der Waals surface area (Å²) in [6.45, 7) is 4.15. The summed E-state index contributed by atoms with van der Waals surface area (Å²) in [5.74, 6) is -3.64. The topological polar surface area (TPSA) is 49.3 Å². The first kappa shape index (κ1) is 17.3. The number of carboxylic acids is 1. The molecule has 0 bridgehead atoms. The Bertz CT molecular complexity index is 323. The summed E-state index contributed by atoms with van der Waals surface area (Å²) in [4.78, 5) is 10.7. The molecule has 1 fully saturated rings. The first-order valence-electron chi connectivity index (χ1n) is 7.16. The van der Waals surface area contributed by atoms with Crippen molar-refractivity contribution in [1.29, 1.82) is 0 Å². The molecule has 1 rings (SSSR count). The van der Waals surface area contributed by atoms with E-state index in [0.717, 1.165) is 32.1 Å². The average molecular weight is 295 g/mol. The normalized spacial score (nSPS) is 20.3. The Morgan fingerprint density at radius 2 is 1.85 bits per heavy atom. The second-order valence-corrected chi connectivity index (χ2v) is 6.37. The maximum Gasteiger partial charge on any atom is 0.403 e. The highest BCUT2D eigenvalue weighted by Gasteiger charge is 2.45. The monoisotopic (exact) mass is 295 g/mol. The summed E-state index contributed by atoms with van der Waals surface area (Å²) in [6.07, 6.45) is 0.527. The first-order valence-corrected chi connectivity index (χ1v) is 7.16. The van der Waals surface area contributed by atoms with Crippen LogP contribution in [-0.2, 0) is 4.79 Å². The summed E-state index contributed by atoms with van der Waals surface area (Å²) in [5, 5.41) is 11.4. The predicted molar refractivity (Wildman–Crippen MR) is 70.4 cm³/mol. The second kappa shape index (κ2) is 6.78. The molecule has 2 N–H and O–H groups in total. The zero-order valence-corrected chi connectivity index (χ0v) is 12.1. The molecule has 1 unspecified atom stereocenters. The Hall–Kier alpha value is -0.780. The maximum atomic E-state index is 12.6. The molecular formula is C14H24F3NO2. The van der Waals surface area contributed by atoms with Crippen molar-refractivity contribution >= 4 is 5.97 Å². The lowest BCUT2D eigenvalue weighted by atomic mass is 9.78. The minimum Gasteiger partial charge on any atom is -0.481 e. The highest BCUT2D eigenvalue weighted by molar-refractivity contribution is 5.71. The van der Waals surface area contributed by atoms with E-state index in [0.29, 0.717) is 12.5 Å². The molecular weight excluding hydrogens is 271 g/mol. The van der Waals surface area contributed by atoms with Crippen molar-refractivity contribution in [3.63, 3.8) is 0 Å². The van der Waals surface area contributed by atoms with E-state index < -0.39 is 24.6 Å². The molecule has 1 aliphatic rings. The van der Waals surface area contributed by atoms with E-state index in [1.165, 1.54) is 0 Å². The van der Waals surface area contributed by atoms with Gasteiger partial charge in [0.1, 0.15) is 0 Å². The van der Waals surface area contributed by atoms with Crippen LogP contribution in [-0.4, -0.2) is 30.3 Å². The largest absolute Gasteiger partial charge is 0.481 e. The van der Waals surface area contributed by atoms with Crippen LogP contribution < -0.4 is 5.32 Å². The molecule has 0 aliphatic heterocycles. The first-order chi connectivity index (χ1) is 9.16. The van der Waals surface area contributed by atoms with Crippen molar-refractivity contribution in [2.45, 2.75) is 52.1 Å². The van der Waals surface area contributed by atoms with Crippen LogP contribution in [0.2, 0.25) is 0 Å². The molecule has 0 heterocycles. The SMILES string of the molecule is CC(C)CC1(CNCC(C(=O)O)C(F)(F)F)CCCC1. The third-order valence-corrected chi connectivity index (χ3v) is 4.05. The lowest BCUT2D eigenvalue weighted by molar-refractivity contribution is -0.192. The number of carboxylic acid groups (broad SMARTS) is 1. The van der Waals surface area contributed by atoms with Crippen molar-refractivity contribution in [3.05, 3.63) is 0 Å². The number of rotatable bonds is 7. The van der Waals surface area contributed by atoms with Gasteiger partial charge in [0.25, 0.3) is 0 Å². The summed E-state index contributed by atoms with van der Waals surface area (Å²) < 4.78 is 37.7. The number of hydrogen-bond donors (Lipinski definition) is 2. The molecule has 0 aromatic heterocycles. The molecule has 0 aromatic carbocycles. The van der Waals surface area contributed by atoms with Crippen LogP contribution in [0.25, 0.3) is 0 Å². The molecule has 1 aliphatic carbocycles. The number of nitrogens with one attached hydrogen (secondary N) is 1. The van der Waals surface area contributed by atoms with Gasteiger partial charge in [-0.25, -0.2) is 0 Å². The quantitative estimate of drug-likeness (QED) is 0.756. The van der Waals surface area contributed by atoms with Gasteiger partial charge in [0, 0.05) is 13.1 Å². The van der Waals surface area contributed by atoms with Gasteiger partial charge in [-0.05, 0) is 30.6 Å². The van der Waals surface area contributed by atoms with Gasteiger partial charge < -0.3 is 10.4 Å². The zero-order chi connectivity index (χ0) is 15.4. The van der Waals surface area contributed by atoms with Crippen LogP contribution in [0, 0.1) is 17.3 Å². The molecule has 0 aromatic rings. The van der Waals surface area contributed by atoms with Gasteiger partial charge in [-0.2, -0.15) is 13.2 Å². The van der Waals surface area contributed by atoms with E-state index in [1.807, 2.05) is 0 Å². The molecule has 0 radical (unpaired) electrons. The van der Waals surface area contributed by atoms with Gasteiger partial charge in [0.15, 0.2) is 5.92 Å². The second-order valence-electron chi connectivity index (χ2n) is 6.37. The maximum absolute atomic E-state index is 12.6. The molecule has 0 saturated heterocycles. The molecule has 6 heteroatoms. The fourth-order valence-corrected chi connectivity index (χ4v) is 3.27.